The lowest BCUT2D eigenvalue weighted by Crippen LogP contribution is -2.54. The summed E-state index contributed by atoms with van der Waals surface area (Å²) < 4.78 is 17.4. The van der Waals surface area contributed by atoms with Crippen LogP contribution >= 0.6 is 0 Å². The van der Waals surface area contributed by atoms with Crippen LogP contribution in [0.25, 0.3) is 11.5 Å². The zero-order chi connectivity index (χ0) is 37.6. The molecule has 3 aromatic carbocycles. The molecule has 0 spiro atoms. The molecular weight excluding hydrogens is 688 g/mol. The molecule has 2 aromatic heterocycles. The summed E-state index contributed by atoms with van der Waals surface area (Å²) in [6, 6.07) is 26.1. The summed E-state index contributed by atoms with van der Waals surface area (Å²) in [5, 5.41) is 9.60. The van der Waals surface area contributed by atoms with E-state index in [2.05, 4.69) is 63.9 Å². The molecule has 2 fully saturated rings. The van der Waals surface area contributed by atoms with Gasteiger partial charge in [0, 0.05) is 43.3 Å². The Hall–Kier alpha value is -6.37. The summed E-state index contributed by atoms with van der Waals surface area (Å²) in [5.41, 5.74) is 4.64. The van der Waals surface area contributed by atoms with E-state index in [1.165, 1.54) is 0 Å². The molecule has 8 rings (SSSR count). The number of aromatic nitrogens is 3. The first kappa shape index (κ1) is 34.7. The molecule has 2 N–H and O–H groups in total. The smallest absolute Gasteiger partial charge is 0.262 e. The number of carbonyl (C=O) groups is 4. The maximum atomic E-state index is 13.2. The Labute approximate surface area is 311 Å². The molecule has 5 aromatic rings. The number of nitrogens with zero attached hydrogens (tertiary/aromatic N) is 4. The Bertz CT molecular complexity index is 2260. The molecule has 1 aliphatic carbocycles. The van der Waals surface area contributed by atoms with Gasteiger partial charge in [-0.15, -0.1) is 0 Å². The third-order valence-electron chi connectivity index (χ3n) is 10.3. The highest BCUT2D eigenvalue weighted by Crippen LogP contribution is 2.36. The van der Waals surface area contributed by atoms with E-state index in [0.717, 1.165) is 46.1 Å². The molecule has 1 saturated carbocycles. The van der Waals surface area contributed by atoms with E-state index < -0.39 is 29.7 Å². The summed E-state index contributed by atoms with van der Waals surface area (Å²) in [5.74, 6) is 0.399. The normalized spacial score (nSPS) is 19.6. The van der Waals surface area contributed by atoms with E-state index in [0.29, 0.717) is 29.7 Å². The van der Waals surface area contributed by atoms with Gasteiger partial charge in [0.25, 0.3) is 11.8 Å². The molecule has 1 unspecified atom stereocenters. The van der Waals surface area contributed by atoms with Crippen molar-refractivity contribution in [3.63, 3.8) is 0 Å². The predicted octanol–water partition coefficient (Wildman–Crippen LogP) is 5.77. The molecule has 2 aliphatic heterocycles. The second kappa shape index (κ2) is 13.9. The molecule has 1 atom stereocenters. The summed E-state index contributed by atoms with van der Waals surface area (Å²) in [6.07, 6.45) is 1.78. The second-order valence-corrected chi connectivity index (χ2v) is 14.4. The fourth-order valence-corrected chi connectivity index (χ4v) is 7.10. The van der Waals surface area contributed by atoms with Crippen LogP contribution in [0.15, 0.2) is 89.5 Å². The van der Waals surface area contributed by atoms with Crippen molar-refractivity contribution in [1.29, 1.82) is 0 Å². The van der Waals surface area contributed by atoms with Gasteiger partial charge >= 0.3 is 0 Å². The quantitative estimate of drug-likeness (QED) is 0.159. The fourth-order valence-electron chi connectivity index (χ4n) is 7.10. The maximum absolute atomic E-state index is 13.2. The first-order valence-corrected chi connectivity index (χ1v) is 17.9. The van der Waals surface area contributed by atoms with Crippen molar-refractivity contribution in [2.24, 2.45) is 0 Å². The second-order valence-electron chi connectivity index (χ2n) is 14.4. The summed E-state index contributed by atoms with van der Waals surface area (Å²) >= 11 is 0. The molecule has 4 heterocycles. The maximum Gasteiger partial charge on any atom is 0.262 e. The van der Waals surface area contributed by atoms with Crippen LogP contribution < -0.4 is 20.1 Å². The van der Waals surface area contributed by atoms with Gasteiger partial charge in [-0.3, -0.25) is 29.4 Å². The zero-order valence-corrected chi connectivity index (χ0v) is 30.0. The van der Waals surface area contributed by atoms with Crippen LogP contribution in [0.4, 0.5) is 5.69 Å². The number of anilines is 1. The van der Waals surface area contributed by atoms with E-state index in [1.54, 1.807) is 25.1 Å². The topological polar surface area (TPSA) is 166 Å². The van der Waals surface area contributed by atoms with Crippen molar-refractivity contribution in [1.82, 2.24) is 25.3 Å². The monoisotopic (exact) mass is 726 g/mol. The molecule has 0 radical (unpaired) electrons. The number of carbonyl (C=O) groups excluding carboxylic acids is 4. The van der Waals surface area contributed by atoms with Crippen molar-refractivity contribution in [2.45, 2.75) is 76.7 Å². The van der Waals surface area contributed by atoms with E-state index >= 15 is 0 Å². The number of piperidine rings is 1. The van der Waals surface area contributed by atoms with Crippen molar-refractivity contribution in [3.05, 3.63) is 119 Å². The van der Waals surface area contributed by atoms with E-state index in [-0.39, 0.29) is 41.5 Å². The van der Waals surface area contributed by atoms with Crippen molar-refractivity contribution < 1.29 is 33.2 Å². The molecular formula is C41H38N6O7. The minimum atomic E-state index is -0.989. The Morgan fingerprint density at radius 2 is 1.57 bits per heavy atom. The number of imide groups is 2. The van der Waals surface area contributed by atoms with Crippen molar-refractivity contribution in [2.75, 3.05) is 5.32 Å². The van der Waals surface area contributed by atoms with Gasteiger partial charge in [0.15, 0.2) is 0 Å². The Morgan fingerprint density at radius 3 is 2.26 bits per heavy atom. The van der Waals surface area contributed by atoms with Gasteiger partial charge in [0.2, 0.25) is 23.5 Å². The molecule has 13 nitrogen and oxygen atoms in total. The molecule has 274 valence electrons. The molecule has 4 amide bonds. The average molecular weight is 727 g/mol. The molecule has 3 aliphatic rings. The third kappa shape index (κ3) is 6.80. The van der Waals surface area contributed by atoms with E-state index in [4.69, 9.17) is 14.0 Å². The summed E-state index contributed by atoms with van der Waals surface area (Å²) in [6.45, 7) is 6.41. The van der Waals surface area contributed by atoms with Gasteiger partial charge in [-0.05, 0) is 72.1 Å². The number of rotatable bonds is 11. The number of amides is 4. The standard InChI is InChI=1S/C41H38N6O7/c1-23-42-37(46-54-23)34-6-4-5-27(44-34)22-52-29-12-7-24(8-13-29)41(2,3)25-9-14-30(15-10-25)53-31-19-28(20-31)43-26-11-16-32-33(21-26)40(51)47(39(32)50)35-17-18-36(48)45-38(35)49/h4-16,21,28,31,35,43H,17-20,22H2,1-3H3,(H,45,48,49)/t28-,31-,35?. The van der Waals surface area contributed by atoms with Gasteiger partial charge in [0.1, 0.15) is 35.9 Å². The van der Waals surface area contributed by atoms with Crippen LogP contribution in [0.3, 0.4) is 0 Å². The molecule has 1 saturated heterocycles. The average Bonchev–Trinajstić information content (AvgIpc) is 3.70. The van der Waals surface area contributed by atoms with Crippen LogP contribution in [-0.2, 0) is 21.6 Å². The van der Waals surface area contributed by atoms with Crippen LogP contribution in [0, 0.1) is 6.92 Å². The fraction of sp³-hybridized carbons (Fsp3) is 0.293. The lowest BCUT2D eigenvalue weighted by atomic mass is 9.78. The van der Waals surface area contributed by atoms with Crippen molar-refractivity contribution >= 4 is 29.3 Å². The highest BCUT2D eigenvalue weighted by molar-refractivity contribution is 6.23. The highest BCUT2D eigenvalue weighted by Gasteiger charge is 2.45. The minimum absolute atomic E-state index is 0.0374. The van der Waals surface area contributed by atoms with Gasteiger partial charge < -0.3 is 19.3 Å². The van der Waals surface area contributed by atoms with E-state index in [1.807, 2.05) is 42.5 Å². The number of ether oxygens (including phenoxy) is 2. The van der Waals surface area contributed by atoms with Crippen LogP contribution in [0.1, 0.15) is 83.0 Å². The van der Waals surface area contributed by atoms with Gasteiger partial charge in [0.05, 0.1) is 16.8 Å². The number of fused-ring (bicyclic) bond motifs is 1. The van der Waals surface area contributed by atoms with Gasteiger partial charge in [-0.2, -0.15) is 4.98 Å². The number of nitrogens with one attached hydrogen (secondary N) is 2. The lowest BCUT2D eigenvalue weighted by molar-refractivity contribution is -0.136. The molecule has 13 heteroatoms. The highest BCUT2D eigenvalue weighted by atomic mass is 16.5. The first-order chi connectivity index (χ1) is 26.0. The summed E-state index contributed by atoms with van der Waals surface area (Å²) in [4.78, 5) is 59.9. The Morgan fingerprint density at radius 1 is 0.870 bits per heavy atom. The zero-order valence-electron chi connectivity index (χ0n) is 30.0. The van der Waals surface area contributed by atoms with Crippen LogP contribution in [-0.4, -0.2) is 61.8 Å². The van der Waals surface area contributed by atoms with E-state index in [9.17, 15) is 19.2 Å². The van der Waals surface area contributed by atoms with Gasteiger partial charge in [-0.25, -0.2) is 4.98 Å². The largest absolute Gasteiger partial charge is 0.490 e. The third-order valence-corrected chi connectivity index (χ3v) is 10.3. The SMILES string of the molecule is Cc1nc(-c2cccc(COc3ccc(C(C)(C)c4ccc(O[C@H]5C[C@H](Nc6ccc7c(c6)C(=O)N(C6CCC(=O)NC6=O)C7=O)C5)cc4)cc3)n2)no1. The number of aryl methyl sites for hydroxylation is 1. The number of hydrogen-bond donors (Lipinski definition) is 2. The summed E-state index contributed by atoms with van der Waals surface area (Å²) in [7, 11) is 0. The number of pyridine rings is 1. The number of benzene rings is 3. The molecule has 54 heavy (non-hydrogen) atoms. The predicted molar refractivity (Wildman–Crippen MR) is 196 cm³/mol. The van der Waals surface area contributed by atoms with Crippen LogP contribution in [0.2, 0.25) is 0 Å². The van der Waals surface area contributed by atoms with Crippen LogP contribution in [0.5, 0.6) is 11.5 Å². The molecule has 0 bridgehead atoms. The Balaban J connectivity index is 0.822. The number of hydrogen-bond acceptors (Lipinski definition) is 11. The Kier molecular flexibility index (Phi) is 8.92. The first-order valence-electron chi connectivity index (χ1n) is 17.9. The van der Waals surface area contributed by atoms with Gasteiger partial charge in [-0.1, -0.05) is 49.3 Å². The van der Waals surface area contributed by atoms with Crippen molar-refractivity contribution in [3.8, 4) is 23.0 Å². The lowest BCUT2D eigenvalue weighted by Gasteiger charge is -2.36. The minimum Gasteiger partial charge on any atom is -0.490 e.